The van der Waals surface area contributed by atoms with Crippen LogP contribution in [0.25, 0.3) is 6.08 Å². The molecule has 0 fully saturated rings. The van der Waals surface area contributed by atoms with Crippen molar-refractivity contribution in [1.29, 1.82) is 0 Å². The van der Waals surface area contributed by atoms with Crippen LogP contribution in [0.15, 0.2) is 46.9 Å². The van der Waals surface area contributed by atoms with Gasteiger partial charge in [0.05, 0.1) is 18.7 Å². The van der Waals surface area contributed by atoms with Crippen LogP contribution in [0.2, 0.25) is 0 Å². The van der Waals surface area contributed by atoms with E-state index in [4.69, 9.17) is 9.47 Å². The average molecular weight is 404 g/mol. The topological polar surface area (TPSA) is 64.6 Å². The highest BCUT2D eigenvalue weighted by atomic mass is 79.9. The van der Waals surface area contributed by atoms with Crippen LogP contribution in [0.4, 0.5) is 5.69 Å². The summed E-state index contributed by atoms with van der Waals surface area (Å²) in [5.41, 5.74) is 1.89. The van der Waals surface area contributed by atoms with E-state index in [1.165, 1.54) is 13.0 Å². The Morgan fingerprint density at radius 3 is 2.52 bits per heavy atom. The number of amides is 1. The molecule has 0 aliphatic rings. The molecule has 0 aromatic heterocycles. The minimum Gasteiger partial charge on any atom is -0.493 e. The van der Waals surface area contributed by atoms with Crippen LogP contribution < -0.4 is 14.8 Å². The molecule has 0 radical (unpaired) electrons. The highest BCUT2D eigenvalue weighted by Crippen LogP contribution is 2.36. The van der Waals surface area contributed by atoms with E-state index in [0.29, 0.717) is 22.7 Å². The normalized spacial score (nSPS) is 10.6. The zero-order valence-corrected chi connectivity index (χ0v) is 15.7. The molecule has 2 aromatic rings. The molecule has 0 unspecified atom stereocenters. The van der Waals surface area contributed by atoms with Gasteiger partial charge in [0, 0.05) is 17.3 Å². The first-order valence-electron chi connectivity index (χ1n) is 7.46. The van der Waals surface area contributed by atoms with Crippen molar-refractivity contribution in [3.8, 4) is 11.5 Å². The Balaban J connectivity index is 2.14. The molecular formula is C19H18BrNO4. The van der Waals surface area contributed by atoms with Crippen molar-refractivity contribution in [3.05, 3.63) is 58.1 Å². The quantitative estimate of drug-likeness (QED) is 0.575. The fourth-order valence-corrected chi connectivity index (χ4v) is 2.83. The van der Waals surface area contributed by atoms with Crippen LogP contribution in [0.5, 0.6) is 11.5 Å². The lowest BCUT2D eigenvalue weighted by Gasteiger charge is -2.10. The second-order valence-electron chi connectivity index (χ2n) is 5.20. The molecule has 0 saturated heterocycles. The van der Waals surface area contributed by atoms with Crippen LogP contribution in [0.1, 0.15) is 22.8 Å². The lowest BCUT2D eigenvalue weighted by molar-refractivity contribution is -0.111. The lowest BCUT2D eigenvalue weighted by Crippen LogP contribution is -2.08. The summed E-state index contributed by atoms with van der Waals surface area (Å²) in [6.07, 6.45) is 3.07. The molecule has 0 heterocycles. The van der Waals surface area contributed by atoms with E-state index in [0.717, 1.165) is 10.0 Å². The maximum atomic E-state index is 12.1. The highest BCUT2D eigenvalue weighted by molar-refractivity contribution is 9.10. The molecule has 1 amide bonds. The Kier molecular flexibility index (Phi) is 6.36. The Labute approximate surface area is 154 Å². The zero-order valence-electron chi connectivity index (χ0n) is 14.1. The third kappa shape index (κ3) is 4.93. The van der Waals surface area contributed by atoms with Gasteiger partial charge in [-0.1, -0.05) is 12.1 Å². The number of ether oxygens (including phenoxy) is 2. The second-order valence-corrected chi connectivity index (χ2v) is 6.05. The first-order valence-corrected chi connectivity index (χ1v) is 8.25. The van der Waals surface area contributed by atoms with Gasteiger partial charge in [-0.3, -0.25) is 9.59 Å². The third-order valence-electron chi connectivity index (χ3n) is 3.42. The Hall–Kier alpha value is -2.60. The lowest BCUT2D eigenvalue weighted by atomic mass is 10.1. The van der Waals surface area contributed by atoms with Crippen molar-refractivity contribution in [2.45, 2.75) is 6.92 Å². The average Bonchev–Trinajstić information content (AvgIpc) is 2.59. The number of benzene rings is 2. The molecule has 2 aromatic carbocycles. The van der Waals surface area contributed by atoms with Gasteiger partial charge in [0.2, 0.25) is 5.91 Å². The van der Waals surface area contributed by atoms with E-state index in [9.17, 15) is 9.59 Å². The monoisotopic (exact) mass is 403 g/mol. The van der Waals surface area contributed by atoms with Crippen molar-refractivity contribution in [2.24, 2.45) is 0 Å². The van der Waals surface area contributed by atoms with Crippen molar-refractivity contribution < 1.29 is 19.1 Å². The van der Waals surface area contributed by atoms with Crippen LogP contribution in [0.3, 0.4) is 0 Å². The number of carbonyl (C=O) groups is 2. The summed E-state index contributed by atoms with van der Waals surface area (Å²) >= 11 is 3.41. The molecule has 0 spiro atoms. The van der Waals surface area contributed by atoms with Gasteiger partial charge < -0.3 is 14.8 Å². The molecule has 0 bridgehead atoms. The number of Topliss-reactive ketones (excluding diaryl/α,β-unsaturated/α-hetero) is 1. The Morgan fingerprint density at radius 2 is 1.88 bits per heavy atom. The fourth-order valence-electron chi connectivity index (χ4n) is 2.21. The summed E-state index contributed by atoms with van der Waals surface area (Å²) in [7, 11) is 3.10. The summed E-state index contributed by atoms with van der Waals surface area (Å²) in [6.45, 7) is 1.48. The standard InChI is InChI=1S/C19H18BrNO4/c1-12(22)14-5-4-6-15(11-14)21-18(23)8-7-13-9-16(20)19(25-3)17(10-13)24-2/h4-11H,1-3H3,(H,21,23)/b8-7+. The van der Waals surface area contributed by atoms with Crippen LogP contribution in [-0.2, 0) is 4.79 Å². The third-order valence-corrected chi connectivity index (χ3v) is 4.01. The number of hydrogen-bond acceptors (Lipinski definition) is 4. The molecule has 6 heteroatoms. The van der Waals surface area contributed by atoms with Crippen molar-refractivity contribution in [2.75, 3.05) is 19.5 Å². The summed E-state index contributed by atoms with van der Waals surface area (Å²) in [5.74, 6) is 0.796. The predicted molar refractivity (Wildman–Crippen MR) is 101 cm³/mol. The van der Waals surface area contributed by atoms with E-state index in [-0.39, 0.29) is 11.7 Å². The maximum absolute atomic E-state index is 12.1. The Morgan fingerprint density at radius 1 is 1.12 bits per heavy atom. The minimum atomic E-state index is -0.299. The van der Waals surface area contributed by atoms with Gasteiger partial charge in [0.25, 0.3) is 0 Å². The molecule has 0 aliphatic heterocycles. The molecule has 2 rings (SSSR count). The van der Waals surface area contributed by atoms with E-state index in [1.807, 2.05) is 6.07 Å². The molecule has 25 heavy (non-hydrogen) atoms. The number of methoxy groups -OCH3 is 2. The number of nitrogens with one attached hydrogen (secondary N) is 1. The van der Waals surface area contributed by atoms with Gasteiger partial charge in [0.15, 0.2) is 17.3 Å². The number of halogens is 1. The minimum absolute atomic E-state index is 0.0539. The molecule has 5 nitrogen and oxygen atoms in total. The van der Waals surface area contributed by atoms with Gasteiger partial charge in [-0.25, -0.2) is 0 Å². The van der Waals surface area contributed by atoms with E-state index in [1.54, 1.807) is 50.6 Å². The molecular weight excluding hydrogens is 386 g/mol. The highest BCUT2D eigenvalue weighted by Gasteiger charge is 2.09. The molecule has 0 aliphatic carbocycles. The zero-order chi connectivity index (χ0) is 18.4. The number of hydrogen-bond donors (Lipinski definition) is 1. The summed E-state index contributed by atoms with van der Waals surface area (Å²) < 4.78 is 11.3. The van der Waals surface area contributed by atoms with Gasteiger partial charge >= 0.3 is 0 Å². The van der Waals surface area contributed by atoms with E-state index < -0.39 is 0 Å². The summed E-state index contributed by atoms with van der Waals surface area (Å²) in [4.78, 5) is 23.5. The molecule has 1 N–H and O–H groups in total. The largest absolute Gasteiger partial charge is 0.493 e. The van der Waals surface area contributed by atoms with E-state index >= 15 is 0 Å². The predicted octanol–water partition coefficient (Wildman–Crippen LogP) is 4.32. The molecule has 130 valence electrons. The van der Waals surface area contributed by atoms with Crippen LogP contribution in [0, 0.1) is 0 Å². The van der Waals surface area contributed by atoms with Gasteiger partial charge in [0.1, 0.15) is 0 Å². The molecule has 0 atom stereocenters. The number of ketones is 1. The van der Waals surface area contributed by atoms with Crippen LogP contribution in [-0.4, -0.2) is 25.9 Å². The fraction of sp³-hybridized carbons (Fsp3) is 0.158. The maximum Gasteiger partial charge on any atom is 0.248 e. The SMILES string of the molecule is COc1cc(/C=C/C(=O)Nc2cccc(C(C)=O)c2)cc(Br)c1OC. The number of rotatable bonds is 6. The van der Waals surface area contributed by atoms with Crippen molar-refractivity contribution in [1.82, 2.24) is 0 Å². The Bertz CT molecular complexity index is 830. The summed E-state index contributed by atoms with van der Waals surface area (Å²) in [5, 5.41) is 2.73. The summed E-state index contributed by atoms with van der Waals surface area (Å²) in [6, 6.07) is 10.4. The first-order chi connectivity index (χ1) is 11.9. The second kappa shape index (κ2) is 8.48. The van der Waals surface area contributed by atoms with Gasteiger partial charge in [-0.05, 0) is 58.8 Å². The first kappa shape index (κ1) is 18.7. The van der Waals surface area contributed by atoms with Crippen LogP contribution >= 0.6 is 15.9 Å². The van der Waals surface area contributed by atoms with Crippen molar-refractivity contribution >= 4 is 39.4 Å². The molecule has 0 saturated carbocycles. The number of anilines is 1. The van der Waals surface area contributed by atoms with E-state index in [2.05, 4.69) is 21.2 Å². The van der Waals surface area contributed by atoms with Gasteiger partial charge in [-0.15, -0.1) is 0 Å². The van der Waals surface area contributed by atoms with Gasteiger partial charge in [-0.2, -0.15) is 0 Å². The smallest absolute Gasteiger partial charge is 0.248 e. The number of carbonyl (C=O) groups excluding carboxylic acids is 2. The van der Waals surface area contributed by atoms with Crippen molar-refractivity contribution in [3.63, 3.8) is 0 Å².